The zero-order valence-electron chi connectivity index (χ0n) is 12.1. The van der Waals surface area contributed by atoms with Crippen LogP contribution in [-0.2, 0) is 4.79 Å². The van der Waals surface area contributed by atoms with E-state index in [1.165, 1.54) is 22.1 Å². The third kappa shape index (κ3) is 6.20. The lowest BCUT2D eigenvalue weighted by atomic mass is 10.3. The Hall–Kier alpha value is -1.58. The molecule has 2 aromatic heterocycles. The highest BCUT2D eigenvalue weighted by Crippen LogP contribution is 2.24. The van der Waals surface area contributed by atoms with Gasteiger partial charge in [-0.25, -0.2) is 4.98 Å². The van der Waals surface area contributed by atoms with E-state index in [2.05, 4.69) is 15.3 Å². The van der Waals surface area contributed by atoms with E-state index in [1.54, 1.807) is 29.4 Å². The number of thiazole rings is 1. The minimum Gasteiger partial charge on any atom is -0.481 e. The summed E-state index contributed by atoms with van der Waals surface area (Å²) < 4.78 is 0. The number of rotatable bonds is 9. The van der Waals surface area contributed by atoms with Gasteiger partial charge in [0.1, 0.15) is 9.88 Å². The van der Waals surface area contributed by atoms with E-state index in [4.69, 9.17) is 5.11 Å². The number of carboxylic acid groups (broad SMARTS) is 1. The van der Waals surface area contributed by atoms with E-state index in [1.807, 2.05) is 12.1 Å². The number of aromatic nitrogens is 2. The topological polar surface area (TPSA) is 92.2 Å². The van der Waals surface area contributed by atoms with Gasteiger partial charge in [0.2, 0.25) is 0 Å². The lowest BCUT2D eigenvalue weighted by Crippen LogP contribution is -2.24. The predicted molar refractivity (Wildman–Crippen MR) is 94.8 cm³/mol. The van der Waals surface area contributed by atoms with Gasteiger partial charge in [-0.05, 0) is 12.1 Å². The number of hydrogen-bond donors (Lipinski definition) is 2. The van der Waals surface area contributed by atoms with Crippen molar-refractivity contribution in [3.05, 3.63) is 35.6 Å². The Balaban J connectivity index is 1.70. The first-order valence-corrected chi connectivity index (χ1v) is 10.1. The normalized spacial score (nSPS) is 10.4. The number of nitrogens with one attached hydrogen (secondary N) is 1. The van der Waals surface area contributed by atoms with Gasteiger partial charge in [-0.15, -0.1) is 11.3 Å². The van der Waals surface area contributed by atoms with E-state index in [0.717, 1.165) is 16.3 Å². The number of carbonyl (C=O) groups excluding carboxylic acids is 1. The molecule has 1 amide bonds. The van der Waals surface area contributed by atoms with Crippen LogP contribution in [0.3, 0.4) is 0 Å². The van der Waals surface area contributed by atoms with Crippen molar-refractivity contribution in [3.8, 4) is 10.6 Å². The van der Waals surface area contributed by atoms with Crippen LogP contribution in [0.4, 0.5) is 0 Å². The highest BCUT2D eigenvalue weighted by atomic mass is 33.1. The average molecular weight is 369 g/mol. The molecule has 0 bridgehead atoms. The van der Waals surface area contributed by atoms with Crippen LogP contribution in [0, 0.1) is 0 Å². The van der Waals surface area contributed by atoms with Gasteiger partial charge in [-0.3, -0.25) is 14.6 Å². The Labute approximate surface area is 145 Å². The van der Waals surface area contributed by atoms with Crippen molar-refractivity contribution in [3.63, 3.8) is 0 Å². The summed E-state index contributed by atoms with van der Waals surface area (Å²) in [6, 6.07) is 3.73. The van der Waals surface area contributed by atoms with Crippen molar-refractivity contribution in [2.45, 2.75) is 6.42 Å². The summed E-state index contributed by atoms with van der Waals surface area (Å²) in [4.78, 5) is 31.2. The number of pyridine rings is 1. The molecule has 0 aliphatic carbocycles. The molecule has 0 saturated carbocycles. The van der Waals surface area contributed by atoms with Gasteiger partial charge in [0, 0.05) is 36.0 Å². The van der Waals surface area contributed by atoms with Crippen LogP contribution < -0.4 is 5.32 Å². The first kappa shape index (κ1) is 17.8. The highest BCUT2D eigenvalue weighted by Gasteiger charge is 2.11. The minimum atomic E-state index is -0.791. The molecule has 0 spiro atoms. The number of amides is 1. The van der Waals surface area contributed by atoms with Crippen molar-refractivity contribution in [2.24, 2.45) is 0 Å². The third-order valence-electron chi connectivity index (χ3n) is 2.59. The van der Waals surface area contributed by atoms with Crippen LogP contribution in [0.1, 0.15) is 16.1 Å². The molecule has 0 atom stereocenters. The molecule has 23 heavy (non-hydrogen) atoms. The largest absolute Gasteiger partial charge is 0.481 e. The van der Waals surface area contributed by atoms with Crippen LogP contribution >= 0.6 is 32.9 Å². The molecular formula is C14H15N3O3S3. The maximum atomic E-state index is 12.0. The van der Waals surface area contributed by atoms with Gasteiger partial charge >= 0.3 is 5.97 Å². The van der Waals surface area contributed by atoms with Gasteiger partial charge in [0.15, 0.2) is 0 Å². The second-order valence-electron chi connectivity index (χ2n) is 4.31. The molecule has 2 rings (SSSR count). The molecule has 9 heteroatoms. The zero-order valence-corrected chi connectivity index (χ0v) is 14.5. The van der Waals surface area contributed by atoms with E-state index >= 15 is 0 Å². The molecule has 0 radical (unpaired) electrons. The summed E-state index contributed by atoms with van der Waals surface area (Å²) >= 11 is 1.33. The van der Waals surface area contributed by atoms with Gasteiger partial charge < -0.3 is 10.4 Å². The van der Waals surface area contributed by atoms with Gasteiger partial charge in [0.05, 0.1) is 12.6 Å². The van der Waals surface area contributed by atoms with E-state index < -0.39 is 5.97 Å². The summed E-state index contributed by atoms with van der Waals surface area (Å²) in [5, 5.41) is 12.1. The Bertz CT molecular complexity index is 649. The van der Waals surface area contributed by atoms with Crippen molar-refractivity contribution >= 4 is 44.8 Å². The molecule has 2 N–H and O–H groups in total. The molecule has 0 aliphatic heterocycles. The number of hydrogen-bond acceptors (Lipinski definition) is 7. The molecule has 0 fully saturated rings. The maximum Gasteiger partial charge on any atom is 0.304 e. The van der Waals surface area contributed by atoms with Crippen molar-refractivity contribution in [1.82, 2.24) is 15.3 Å². The van der Waals surface area contributed by atoms with E-state index in [-0.39, 0.29) is 12.3 Å². The van der Waals surface area contributed by atoms with Crippen molar-refractivity contribution < 1.29 is 14.7 Å². The number of carboxylic acids is 1. The van der Waals surface area contributed by atoms with Gasteiger partial charge in [0.25, 0.3) is 5.91 Å². The van der Waals surface area contributed by atoms with Crippen LogP contribution in [-0.4, -0.2) is 45.0 Å². The Morgan fingerprint density at radius 3 is 2.83 bits per heavy atom. The lowest BCUT2D eigenvalue weighted by Gasteiger charge is -2.02. The monoisotopic (exact) mass is 369 g/mol. The quantitative estimate of drug-likeness (QED) is 0.518. The highest BCUT2D eigenvalue weighted by molar-refractivity contribution is 8.76. The van der Waals surface area contributed by atoms with Gasteiger partial charge in [-0.2, -0.15) is 0 Å². The fourth-order valence-electron chi connectivity index (χ4n) is 1.54. The minimum absolute atomic E-state index is 0.145. The molecular weight excluding hydrogens is 354 g/mol. The molecule has 2 heterocycles. The van der Waals surface area contributed by atoms with Crippen LogP contribution in [0.2, 0.25) is 0 Å². The lowest BCUT2D eigenvalue weighted by molar-refractivity contribution is -0.136. The fourth-order valence-corrected chi connectivity index (χ4v) is 4.25. The van der Waals surface area contributed by atoms with Crippen molar-refractivity contribution in [1.29, 1.82) is 0 Å². The second kappa shape index (κ2) is 9.53. The molecule has 2 aromatic rings. The van der Waals surface area contributed by atoms with Crippen LogP contribution in [0.15, 0.2) is 30.7 Å². The van der Waals surface area contributed by atoms with Crippen molar-refractivity contribution in [2.75, 3.05) is 18.1 Å². The molecule has 6 nitrogen and oxygen atoms in total. The summed E-state index contributed by atoms with van der Waals surface area (Å²) in [6.45, 7) is 0.531. The molecule has 0 aromatic carbocycles. The summed E-state index contributed by atoms with van der Waals surface area (Å²) in [6.07, 6.45) is 5.13. The standard InChI is InChI=1S/C14H15N3O3S3/c18-12(19)3-6-21-22-7-5-16-13(20)11-9-17-14(23-11)10-2-1-4-15-8-10/h1-2,4,8-9H,3,5-7H2,(H,16,20)(H,18,19). The van der Waals surface area contributed by atoms with E-state index in [9.17, 15) is 9.59 Å². The Kier molecular flexibility index (Phi) is 7.37. The summed E-state index contributed by atoms with van der Waals surface area (Å²) in [5.41, 5.74) is 0.891. The first-order valence-electron chi connectivity index (χ1n) is 6.77. The molecule has 0 aliphatic rings. The maximum absolute atomic E-state index is 12.0. The Morgan fingerprint density at radius 1 is 1.26 bits per heavy atom. The van der Waals surface area contributed by atoms with E-state index in [0.29, 0.717) is 17.2 Å². The number of carbonyl (C=O) groups is 2. The molecule has 0 saturated heterocycles. The number of nitrogens with zero attached hydrogens (tertiary/aromatic N) is 2. The molecule has 0 unspecified atom stereocenters. The Morgan fingerprint density at radius 2 is 2.09 bits per heavy atom. The fraction of sp³-hybridized carbons (Fsp3) is 0.286. The third-order valence-corrected chi connectivity index (χ3v) is 6.04. The second-order valence-corrected chi connectivity index (χ2v) is 8.05. The zero-order chi connectivity index (χ0) is 16.5. The first-order chi connectivity index (χ1) is 11.2. The summed E-state index contributed by atoms with van der Waals surface area (Å²) in [7, 11) is 3.05. The molecule has 122 valence electrons. The summed E-state index contributed by atoms with van der Waals surface area (Å²) in [5.74, 6) is 0.358. The van der Waals surface area contributed by atoms with Crippen LogP contribution in [0.25, 0.3) is 10.6 Å². The van der Waals surface area contributed by atoms with Crippen LogP contribution in [0.5, 0.6) is 0 Å². The smallest absolute Gasteiger partial charge is 0.304 e. The SMILES string of the molecule is O=C(O)CCSSCCNC(=O)c1cnc(-c2cccnc2)s1. The predicted octanol–water partition coefficient (Wildman–Crippen LogP) is 2.79. The number of aliphatic carboxylic acids is 1. The van der Waals surface area contributed by atoms with Gasteiger partial charge in [-0.1, -0.05) is 21.6 Å². The average Bonchev–Trinajstić information content (AvgIpc) is 3.04.